The van der Waals surface area contributed by atoms with Crippen molar-refractivity contribution >= 4 is 17.7 Å². The molecule has 0 unspecified atom stereocenters. The Morgan fingerprint density at radius 3 is 2.56 bits per heavy atom. The fourth-order valence-electron chi connectivity index (χ4n) is 1.58. The van der Waals surface area contributed by atoms with Crippen molar-refractivity contribution in [3.8, 4) is 0 Å². The number of aromatic carboxylic acids is 1. The van der Waals surface area contributed by atoms with Crippen LogP contribution in [0.25, 0.3) is 0 Å². The Bertz CT molecular complexity index is 555. The molecule has 0 aliphatic carbocycles. The lowest BCUT2D eigenvalue weighted by Gasteiger charge is -2.04. The smallest absolute Gasteiger partial charge is 0.337 e. The highest BCUT2D eigenvalue weighted by Crippen LogP contribution is 2.22. The van der Waals surface area contributed by atoms with Gasteiger partial charge in [0.05, 0.1) is 16.3 Å². The largest absolute Gasteiger partial charge is 0.478 e. The number of hydrogen-bond donors (Lipinski definition) is 1. The topological polar surface area (TPSA) is 50.2 Å². The van der Waals surface area contributed by atoms with E-state index in [0.29, 0.717) is 5.69 Å². The van der Waals surface area contributed by atoms with E-state index >= 15 is 0 Å². The molecule has 0 saturated carbocycles. The van der Waals surface area contributed by atoms with Crippen LogP contribution in [-0.4, -0.2) is 16.1 Å². The molecule has 1 aromatic carbocycles. The number of rotatable bonds is 4. The number of carbonyl (C=O) groups is 1. The molecule has 0 amide bonds. The number of thioether (sulfide) groups is 1. The molecule has 0 aliphatic rings. The van der Waals surface area contributed by atoms with Gasteiger partial charge in [0.2, 0.25) is 0 Å². The molecular weight excluding hydrogens is 246 g/mol. The Balaban J connectivity index is 2.07. The fraction of sp³-hybridized carbons (Fsp3) is 0.143. The van der Waals surface area contributed by atoms with Crippen molar-refractivity contribution in [1.82, 2.24) is 4.98 Å². The van der Waals surface area contributed by atoms with E-state index in [9.17, 15) is 4.79 Å². The molecule has 3 nitrogen and oxygen atoms in total. The third-order valence-electron chi connectivity index (χ3n) is 2.52. The molecule has 92 valence electrons. The summed E-state index contributed by atoms with van der Waals surface area (Å²) >= 11 is 1.60. The first-order valence-electron chi connectivity index (χ1n) is 5.54. The Morgan fingerprint density at radius 1 is 1.22 bits per heavy atom. The van der Waals surface area contributed by atoms with Crippen molar-refractivity contribution < 1.29 is 9.90 Å². The molecule has 0 spiro atoms. The lowest BCUT2D eigenvalue weighted by molar-refractivity contribution is 0.0695. The van der Waals surface area contributed by atoms with Crippen molar-refractivity contribution in [1.29, 1.82) is 0 Å². The Kier molecular flexibility index (Phi) is 3.99. The first kappa shape index (κ1) is 12.6. The van der Waals surface area contributed by atoms with E-state index in [0.717, 1.165) is 10.8 Å². The molecule has 0 bridgehead atoms. The van der Waals surface area contributed by atoms with Gasteiger partial charge in [-0.3, -0.25) is 0 Å². The highest BCUT2D eigenvalue weighted by Gasteiger charge is 2.08. The molecule has 0 radical (unpaired) electrons. The van der Waals surface area contributed by atoms with Gasteiger partial charge in [-0.1, -0.05) is 30.3 Å². The lowest BCUT2D eigenvalue weighted by atomic mass is 10.2. The summed E-state index contributed by atoms with van der Waals surface area (Å²) in [5, 5.41) is 9.77. The first-order chi connectivity index (χ1) is 8.66. The summed E-state index contributed by atoms with van der Waals surface area (Å²) in [5.41, 5.74) is 2.05. The standard InChI is InChI=1S/C14H13NO2S/c1-10-12(14(16)17)7-8-13(15-10)18-9-11-5-3-2-4-6-11/h2-8H,9H2,1H3,(H,16,17). The van der Waals surface area contributed by atoms with Crippen molar-refractivity contribution in [3.05, 3.63) is 59.3 Å². The van der Waals surface area contributed by atoms with Crippen LogP contribution in [0.2, 0.25) is 0 Å². The quantitative estimate of drug-likeness (QED) is 0.855. The van der Waals surface area contributed by atoms with Gasteiger partial charge < -0.3 is 5.11 Å². The van der Waals surface area contributed by atoms with Crippen LogP contribution in [0.3, 0.4) is 0 Å². The van der Waals surface area contributed by atoms with E-state index in [1.807, 2.05) is 18.2 Å². The van der Waals surface area contributed by atoms with Crippen molar-refractivity contribution in [2.45, 2.75) is 17.7 Å². The highest BCUT2D eigenvalue weighted by atomic mass is 32.2. The summed E-state index contributed by atoms with van der Waals surface area (Å²) in [6.07, 6.45) is 0. The molecule has 0 fully saturated rings. The third-order valence-corrected chi connectivity index (χ3v) is 3.52. The predicted octanol–water partition coefficient (Wildman–Crippen LogP) is 3.38. The number of hydrogen-bond acceptors (Lipinski definition) is 3. The molecule has 1 heterocycles. The van der Waals surface area contributed by atoms with Crippen LogP contribution in [0.1, 0.15) is 21.6 Å². The average molecular weight is 259 g/mol. The van der Waals surface area contributed by atoms with Gasteiger partial charge in [-0.05, 0) is 24.6 Å². The molecule has 2 rings (SSSR count). The second kappa shape index (κ2) is 5.69. The van der Waals surface area contributed by atoms with Crippen LogP contribution in [0.15, 0.2) is 47.5 Å². The summed E-state index contributed by atoms with van der Waals surface area (Å²) in [6, 6.07) is 13.5. The molecule has 4 heteroatoms. The molecule has 2 aromatic rings. The Morgan fingerprint density at radius 2 is 1.94 bits per heavy atom. The van der Waals surface area contributed by atoms with E-state index < -0.39 is 5.97 Å². The molecular formula is C14H13NO2S. The third kappa shape index (κ3) is 3.11. The minimum absolute atomic E-state index is 0.263. The number of carboxylic acid groups (broad SMARTS) is 1. The van der Waals surface area contributed by atoms with Crippen LogP contribution in [0.4, 0.5) is 0 Å². The summed E-state index contributed by atoms with van der Waals surface area (Å²) in [4.78, 5) is 15.2. The number of carboxylic acids is 1. The van der Waals surface area contributed by atoms with Crippen molar-refractivity contribution in [2.75, 3.05) is 0 Å². The van der Waals surface area contributed by atoms with Gasteiger partial charge in [0.1, 0.15) is 0 Å². The van der Waals surface area contributed by atoms with E-state index in [2.05, 4.69) is 17.1 Å². The molecule has 18 heavy (non-hydrogen) atoms. The van der Waals surface area contributed by atoms with Gasteiger partial charge in [0.15, 0.2) is 0 Å². The zero-order valence-corrected chi connectivity index (χ0v) is 10.8. The Hall–Kier alpha value is -1.81. The number of aryl methyl sites for hydroxylation is 1. The van der Waals surface area contributed by atoms with Gasteiger partial charge >= 0.3 is 5.97 Å². The SMILES string of the molecule is Cc1nc(SCc2ccccc2)ccc1C(=O)O. The molecule has 0 atom stereocenters. The summed E-state index contributed by atoms with van der Waals surface area (Å²) in [5.74, 6) is -0.0979. The van der Waals surface area contributed by atoms with Gasteiger partial charge in [-0.15, -0.1) is 11.8 Å². The fourth-order valence-corrected chi connectivity index (χ4v) is 2.45. The minimum atomic E-state index is -0.931. The highest BCUT2D eigenvalue weighted by molar-refractivity contribution is 7.98. The minimum Gasteiger partial charge on any atom is -0.478 e. The maximum absolute atomic E-state index is 10.9. The number of benzene rings is 1. The van der Waals surface area contributed by atoms with E-state index in [4.69, 9.17) is 5.11 Å². The maximum Gasteiger partial charge on any atom is 0.337 e. The van der Waals surface area contributed by atoms with Crippen LogP contribution in [0.5, 0.6) is 0 Å². The van der Waals surface area contributed by atoms with Gasteiger partial charge in [0.25, 0.3) is 0 Å². The van der Waals surface area contributed by atoms with E-state index in [1.54, 1.807) is 30.8 Å². The van der Waals surface area contributed by atoms with Crippen LogP contribution >= 0.6 is 11.8 Å². The van der Waals surface area contributed by atoms with Crippen molar-refractivity contribution in [3.63, 3.8) is 0 Å². The van der Waals surface area contributed by atoms with Crippen molar-refractivity contribution in [2.24, 2.45) is 0 Å². The first-order valence-corrected chi connectivity index (χ1v) is 6.53. The second-order valence-corrected chi connectivity index (χ2v) is 4.86. The monoisotopic (exact) mass is 259 g/mol. The number of nitrogens with zero attached hydrogens (tertiary/aromatic N) is 1. The molecule has 0 aliphatic heterocycles. The number of pyridine rings is 1. The maximum atomic E-state index is 10.9. The van der Waals surface area contributed by atoms with Crippen LogP contribution < -0.4 is 0 Å². The van der Waals surface area contributed by atoms with Gasteiger partial charge in [-0.25, -0.2) is 9.78 Å². The van der Waals surface area contributed by atoms with Crippen LogP contribution in [-0.2, 0) is 5.75 Å². The molecule has 1 aromatic heterocycles. The van der Waals surface area contributed by atoms with Gasteiger partial charge in [-0.2, -0.15) is 0 Å². The van der Waals surface area contributed by atoms with E-state index in [1.165, 1.54) is 5.56 Å². The summed E-state index contributed by atoms with van der Waals surface area (Å²) in [6.45, 7) is 1.72. The molecule has 1 N–H and O–H groups in total. The number of aromatic nitrogens is 1. The predicted molar refractivity (Wildman–Crippen MR) is 71.9 cm³/mol. The normalized spacial score (nSPS) is 10.3. The second-order valence-electron chi connectivity index (χ2n) is 3.86. The van der Waals surface area contributed by atoms with Gasteiger partial charge in [0, 0.05) is 5.75 Å². The van der Waals surface area contributed by atoms with E-state index in [-0.39, 0.29) is 5.56 Å². The lowest BCUT2D eigenvalue weighted by Crippen LogP contribution is -2.01. The Labute approximate surface area is 110 Å². The average Bonchev–Trinajstić information content (AvgIpc) is 2.37. The molecule has 0 saturated heterocycles. The summed E-state index contributed by atoms with van der Waals surface area (Å²) < 4.78 is 0. The van der Waals surface area contributed by atoms with Crippen LogP contribution in [0, 0.1) is 6.92 Å². The summed E-state index contributed by atoms with van der Waals surface area (Å²) in [7, 11) is 0. The zero-order valence-electron chi connectivity index (χ0n) is 9.96. The zero-order chi connectivity index (χ0) is 13.0.